The summed E-state index contributed by atoms with van der Waals surface area (Å²) in [6.07, 6.45) is 7.67. The number of sulfonamides is 1. The summed E-state index contributed by atoms with van der Waals surface area (Å²) in [6, 6.07) is 9.87. The topological polar surface area (TPSA) is 111 Å². The molecule has 2 fully saturated rings. The lowest BCUT2D eigenvalue weighted by atomic mass is 9.81. The number of nitrogens with one attached hydrogen (secondary N) is 2. The van der Waals surface area contributed by atoms with E-state index in [1.54, 1.807) is 30.0 Å². The molecular weight excluding hydrogens is 444 g/mol. The molecule has 0 bridgehead atoms. The van der Waals surface area contributed by atoms with Crippen LogP contribution in [-0.4, -0.2) is 50.2 Å². The molecule has 9 heteroatoms. The van der Waals surface area contributed by atoms with Crippen molar-refractivity contribution < 1.29 is 13.2 Å². The number of benzene rings is 1. The molecule has 0 spiro atoms. The minimum absolute atomic E-state index is 0.0600. The lowest BCUT2D eigenvalue weighted by Crippen LogP contribution is -2.56. The van der Waals surface area contributed by atoms with Crippen molar-refractivity contribution in [3.63, 3.8) is 0 Å². The molecule has 32 heavy (non-hydrogen) atoms. The van der Waals surface area contributed by atoms with Crippen molar-refractivity contribution in [3.05, 3.63) is 30.3 Å². The number of carbonyl (C=O) groups is 1. The number of amides is 1. The fraction of sp³-hybridized carbons (Fsp3) is 0.609. The van der Waals surface area contributed by atoms with Gasteiger partial charge in [0.15, 0.2) is 0 Å². The van der Waals surface area contributed by atoms with Gasteiger partial charge in [-0.05, 0) is 61.2 Å². The Kier molecular flexibility index (Phi) is 8.37. The first-order chi connectivity index (χ1) is 15.3. The Hall–Kier alpha value is -1.89. The summed E-state index contributed by atoms with van der Waals surface area (Å²) < 4.78 is 28.4. The molecule has 1 heterocycles. The first kappa shape index (κ1) is 24.7. The fourth-order valence-electron chi connectivity index (χ4n) is 4.47. The highest BCUT2D eigenvalue weighted by molar-refractivity contribution is 7.99. The Labute approximate surface area is 195 Å². The zero-order valence-electron chi connectivity index (χ0n) is 18.5. The molecule has 1 aliphatic heterocycles. The second-order valence-electron chi connectivity index (χ2n) is 9.05. The summed E-state index contributed by atoms with van der Waals surface area (Å²) in [7, 11) is -3.77. The van der Waals surface area contributed by atoms with Gasteiger partial charge < -0.3 is 10.6 Å². The molecule has 3 rings (SSSR count). The molecule has 1 atom stereocenters. The third-order valence-corrected chi connectivity index (χ3v) is 8.74. The molecule has 1 saturated carbocycles. The largest absolute Gasteiger partial charge is 0.336 e. The molecule has 1 amide bonds. The van der Waals surface area contributed by atoms with Crippen LogP contribution < -0.4 is 10.6 Å². The van der Waals surface area contributed by atoms with Crippen LogP contribution in [0.4, 0.5) is 0 Å². The predicted octanol–water partition coefficient (Wildman–Crippen LogP) is 3.28. The number of carbonyl (C=O) groups excluding carboxylic acids is 1. The van der Waals surface area contributed by atoms with E-state index in [1.807, 2.05) is 0 Å². The van der Waals surface area contributed by atoms with E-state index in [0.717, 1.165) is 37.2 Å². The van der Waals surface area contributed by atoms with E-state index in [0.29, 0.717) is 19.3 Å². The van der Waals surface area contributed by atoms with Crippen LogP contribution >= 0.6 is 11.8 Å². The molecule has 1 aromatic carbocycles. The van der Waals surface area contributed by atoms with Crippen molar-refractivity contribution in [2.75, 3.05) is 18.1 Å². The van der Waals surface area contributed by atoms with Gasteiger partial charge in [0.25, 0.3) is 10.0 Å². The summed E-state index contributed by atoms with van der Waals surface area (Å²) in [5, 5.41) is 15.9. The van der Waals surface area contributed by atoms with Gasteiger partial charge in [0.2, 0.25) is 5.91 Å². The van der Waals surface area contributed by atoms with Crippen molar-refractivity contribution in [1.29, 1.82) is 5.26 Å². The molecule has 2 aliphatic rings. The number of hydrogen-bond acceptors (Lipinski definition) is 6. The highest BCUT2D eigenvalue weighted by Crippen LogP contribution is 2.41. The Bertz CT molecular complexity index is 945. The van der Waals surface area contributed by atoms with Crippen LogP contribution in [0.5, 0.6) is 0 Å². The van der Waals surface area contributed by atoms with E-state index in [1.165, 1.54) is 18.3 Å². The highest BCUT2D eigenvalue weighted by atomic mass is 32.2. The molecule has 1 unspecified atom stereocenters. The molecule has 0 radical (unpaired) electrons. The van der Waals surface area contributed by atoms with Crippen LogP contribution in [0.25, 0.3) is 0 Å². The quantitative estimate of drug-likeness (QED) is 0.529. The van der Waals surface area contributed by atoms with Gasteiger partial charge in [0.05, 0.1) is 17.0 Å². The number of nitriles is 1. The second kappa shape index (κ2) is 10.8. The molecule has 174 valence electrons. The Morgan fingerprint density at radius 2 is 1.88 bits per heavy atom. The fourth-order valence-corrected chi connectivity index (χ4v) is 6.56. The summed E-state index contributed by atoms with van der Waals surface area (Å²) in [5.41, 5.74) is -0.756. The first-order valence-corrected chi connectivity index (χ1v) is 13.8. The normalized spacial score (nSPS) is 21.1. The molecule has 1 aromatic rings. The van der Waals surface area contributed by atoms with Crippen molar-refractivity contribution in [1.82, 2.24) is 10.6 Å². The van der Waals surface area contributed by atoms with Gasteiger partial charge in [-0.1, -0.05) is 38.0 Å². The molecular formula is C23H32N4O3S2. The van der Waals surface area contributed by atoms with E-state index in [2.05, 4.69) is 28.0 Å². The zero-order chi connectivity index (χ0) is 23.1. The van der Waals surface area contributed by atoms with E-state index >= 15 is 0 Å². The molecule has 1 aliphatic carbocycles. The first-order valence-electron chi connectivity index (χ1n) is 11.2. The average molecular weight is 477 g/mol. The van der Waals surface area contributed by atoms with E-state index < -0.39 is 21.6 Å². The van der Waals surface area contributed by atoms with Crippen LogP contribution in [0.3, 0.4) is 0 Å². The number of nitrogens with zero attached hydrogens (tertiary/aromatic N) is 2. The minimum atomic E-state index is -3.77. The van der Waals surface area contributed by atoms with Gasteiger partial charge in [-0.15, -0.1) is 0 Å². The number of rotatable bonds is 9. The molecule has 7 nitrogen and oxygen atoms in total. The predicted molar refractivity (Wildman–Crippen MR) is 128 cm³/mol. The molecule has 2 N–H and O–H groups in total. The minimum Gasteiger partial charge on any atom is -0.336 e. The van der Waals surface area contributed by atoms with E-state index in [4.69, 9.17) is 0 Å². The lowest BCUT2D eigenvalue weighted by Gasteiger charge is -2.35. The Morgan fingerprint density at radius 3 is 2.50 bits per heavy atom. The van der Waals surface area contributed by atoms with Crippen molar-refractivity contribution in [2.45, 2.75) is 68.3 Å². The van der Waals surface area contributed by atoms with Crippen LogP contribution in [-0.2, 0) is 14.8 Å². The van der Waals surface area contributed by atoms with Crippen LogP contribution in [0.1, 0.15) is 51.9 Å². The zero-order valence-corrected chi connectivity index (χ0v) is 20.2. The van der Waals surface area contributed by atoms with E-state index in [-0.39, 0.29) is 22.8 Å². The third-order valence-electron chi connectivity index (χ3n) is 6.46. The molecule has 0 aromatic heterocycles. The lowest BCUT2D eigenvalue weighted by molar-refractivity contribution is -0.125. The van der Waals surface area contributed by atoms with Gasteiger partial charge in [-0.2, -0.15) is 29.8 Å². The van der Waals surface area contributed by atoms with Crippen molar-refractivity contribution in [2.24, 2.45) is 9.81 Å². The van der Waals surface area contributed by atoms with Gasteiger partial charge >= 0.3 is 0 Å². The van der Waals surface area contributed by atoms with Crippen molar-refractivity contribution >= 4 is 33.9 Å². The second-order valence-corrected chi connectivity index (χ2v) is 11.9. The maximum atomic E-state index is 13.2. The van der Waals surface area contributed by atoms with Crippen LogP contribution in [0.2, 0.25) is 0 Å². The highest BCUT2D eigenvalue weighted by Gasteiger charge is 2.38. The van der Waals surface area contributed by atoms with Crippen molar-refractivity contribution in [3.8, 4) is 6.07 Å². The summed E-state index contributed by atoms with van der Waals surface area (Å²) in [5.74, 6) is 1.52. The monoisotopic (exact) mass is 476 g/mol. The summed E-state index contributed by atoms with van der Waals surface area (Å²) in [4.78, 5) is 13.4. The maximum Gasteiger partial charge on any atom is 0.282 e. The Balaban J connectivity index is 1.67. The van der Waals surface area contributed by atoms with Gasteiger partial charge in [0.1, 0.15) is 5.54 Å². The standard InChI is InChI=1S/C23H32N4O3S2/c1-22(9-5-6-10-22)17-20(21(28)27-23(18-24)11-15-31-16-12-23)25-13-14-26-32(29,30)19-7-3-2-4-8-19/h2-4,7-8,14,20,25H,5-6,9-13,15-17H2,1H3,(H,27,28). The van der Waals surface area contributed by atoms with Gasteiger partial charge in [0, 0.05) is 12.8 Å². The van der Waals surface area contributed by atoms with Crippen LogP contribution in [0, 0.1) is 16.7 Å². The van der Waals surface area contributed by atoms with Crippen LogP contribution in [0.15, 0.2) is 39.6 Å². The Morgan fingerprint density at radius 1 is 1.22 bits per heavy atom. The SMILES string of the molecule is CC1(CC(NCC=NS(=O)(=O)c2ccccc2)C(=O)NC2(C#N)CCSCC2)CCCC1. The van der Waals surface area contributed by atoms with Gasteiger partial charge in [-0.3, -0.25) is 4.79 Å². The number of thioether (sulfide) groups is 1. The maximum absolute atomic E-state index is 13.2. The summed E-state index contributed by atoms with van der Waals surface area (Å²) >= 11 is 1.80. The van der Waals surface area contributed by atoms with Gasteiger partial charge in [-0.25, -0.2) is 0 Å². The molecule has 1 saturated heterocycles. The average Bonchev–Trinajstić information content (AvgIpc) is 3.23. The van der Waals surface area contributed by atoms with E-state index in [9.17, 15) is 18.5 Å². The summed E-state index contributed by atoms with van der Waals surface area (Å²) in [6.45, 7) is 2.35. The smallest absolute Gasteiger partial charge is 0.282 e. The third kappa shape index (κ3) is 6.56. The number of hydrogen-bond donors (Lipinski definition) is 2.